The molecule has 2 unspecified atom stereocenters. The maximum atomic E-state index is 11.7. The number of nitrogens with one attached hydrogen (secondary N) is 1. The molecule has 1 fully saturated rings. The number of aromatic nitrogens is 2. The first-order valence-electron chi connectivity index (χ1n) is 6.13. The van der Waals surface area contributed by atoms with Gasteiger partial charge in [-0.15, -0.1) is 0 Å². The average Bonchev–Trinajstić information content (AvgIpc) is 2.96. The molecule has 1 aromatic heterocycles. The topological polar surface area (TPSA) is 72.9 Å². The number of likely N-dealkylation sites (N-methyl/N-ethyl adjacent to an activating group) is 1. The number of nitrogens with two attached hydrogens (primary N) is 1. The van der Waals surface area contributed by atoms with Gasteiger partial charge in [-0.3, -0.25) is 4.79 Å². The van der Waals surface area contributed by atoms with Crippen LogP contribution in [0.5, 0.6) is 0 Å². The van der Waals surface area contributed by atoms with Crippen molar-refractivity contribution in [1.29, 1.82) is 0 Å². The molecule has 2 rings (SSSR count). The molecule has 1 aromatic rings. The van der Waals surface area contributed by atoms with Gasteiger partial charge in [0.15, 0.2) is 0 Å². The lowest BCUT2D eigenvalue weighted by atomic mass is 9.84. The quantitative estimate of drug-likeness (QED) is 0.782. The number of carbonyl (C=O) groups is 1. The second-order valence-corrected chi connectivity index (χ2v) is 4.76. The van der Waals surface area contributed by atoms with E-state index < -0.39 is 5.54 Å². The predicted molar refractivity (Wildman–Crippen MR) is 65.2 cm³/mol. The minimum Gasteiger partial charge on any atom is -0.368 e. The Morgan fingerprint density at radius 3 is 3.12 bits per heavy atom. The van der Waals surface area contributed by atoms with Gasteiger partial charge in [-0.05, 0) is 32.2 Å². The average molecular weight is 236 g/mol. The Morgan fingerprint density at radius 2 is 2.53 bits per heavy atom. The zero-order valence-corrected chi connectivity index (χ0v) is 10.2. The van der Waals surface area contributed by atoms with Gasteiger partial charge in [0.05, 0.1) is 6.33 Å². The van der Waals surface area contributed by atoms with Crippen molar-refractivity contribution in [3.8, 4) is 0 Å². The number of hydrogen-bond donors (Lipinski definition) is 2. The summed E-state index contributed by atoms with van der Waals surface area (Å²) in [6, 6.07) is 0. The van der Waals surface area contributed by atoms with Gasteiger partial charge in [0, 0.05) is 18.9 Å². The Morgan fingerprint density at radius 1 is 1.71 bits per heavy atom. The van der Waals surface area contributed by atoms with E-state index in [9.17, 15) is 4.79 Å². The molecule has 1 aliphatic carbocycles. The number of amides is 1. The van der Waals surface area contributed by atoms with Crippen molar-refractivity contribution < 1.29 is 4.79 Å². The van der Waals surface area contributed by atoms with Crippen molar-refractivity contribution in [3.63, 3.8) is 0 Å². The molecular formula is C12H20N4O. The molecule has 1 amide bonds. The number of hydrogen-bond acceptors (Lipinski definition) is 3. The van der Waals surface area contributed by atoms with Gasteiger partial charge in [0.2, 0.25) is 5.91 Å². The first-order valence-corrected chi connectivity index (χ1v) is 6.13. The fraction of sp³-hybridized carbons (Fsp3) is 0.667. The van der Waals surface area contributed by atoms with Crippen molar-refractivity contribution in [2.45, 2.75) is 37.8 Å². The summed E-state index contributed by atoms with van der Waals surface area (Å²) in [6.45, 7) is 0.890. The van der Waals surface area contributed by atoms with Crippen molar-refractivity contribution in [3.05, 3.63) is 18.7 Å². The summed E-state index contributed by atoms with van der Waals surface area (Å²) >= 11 is 0. The van der Waals surface area contributed by atoms with Crippen LogP contribution in [0, 0.1) is 5.92 Å². The second-order valence-electron chi connectivity index (χ2n) is 4.76. The highest BCUT2D eigenvalue weighted by atomic mass is 16.1. The molecule has 1 saturated carbocycles. The van der Waals surface area contributed by atoms with Gasteiger partial charge in [-0.25, -0.2) is 4.98 Å². The van der Waals surface area contributed by atoms with E-state index in [1.165, 1.54) is 0 Å². The van der Waals surface area contributed by atoms with E-state index in [0.29, 0.717) is 5.92 Å². The van der Waals surface area contributed by atoms with Gasteiger partial charge in [-0.2, -0.15) is 0 Å². The molecule has 0 spiro atoms. The summed E-state index contributed by atoms with van der Waals surface area (Å²) in [7, 11) is 1.83. The largest absolute Gasteiger partial charge is 0.368 e. The van der Waals surface area contributed by atoms with Crippen LogP contribution >= 0.6 is 0 Å². The maximum Gasteiger partial charge on any atom is 0.238 e. The lowest BCUT2D eigenvalue weighted by Gasteiger charge is -2.32. The molecule has 0 radical (unpaired) electrons. The van der Waals surface area contributed by atoms with Crippen LogP contribution in [-0.4, -0.2) is 28.0 Å². The number of carbonyl (C=O) groups excluding carboxylic acids is 1. The van der Waals surface area contributed by atoms with E-state index in [1.54, 1.807) is 12.5 Å². The summed E-state index contributed by atoms with van der Waals surface area (Å²) in [6.07, 6.45) is 9.47. The number of aryl methyl sites for hydroxylation is 1. The molecule has 0 aliphatic heterocycles. The zero-order valence-electron chi connectivity index (χ0n) is 10.2. The molecular weight excluding hydrogens is 216 g/mol. The molecule has 0 bridgehead atoms. The van der Waals surface area contributed by atoms with Crippen LogP contribution in [0.2, 0.25) is 0 Å². The molecule has 5 nitrogen and oxygen atoms in total. The third kappa shape index (κ3) is 2.20. The van der Waals surface area contributed by atoms with E-state index in [4.69, 9.17) is 5.73 Å². The smallest absolute Gasteiger partial charge is 0.238 e. The SMILES string of the molecule is CNC1(C(N)=O)CCCC1CCn1ccnc1. The summed E-state index contributed by atoms with van der Waals surface area (Å²) in [5.41, 5.74) is 5.06. The molecule has 0 saturated heterocycles. The van der Waals surface area contributed by atoms with Gasteiger partial charge >= 0.3 is 0 Å². The zero-order chi connectivity index (χ0) is 12.3. The Bertz CT molecular complexity index is 376. The minimum atomic E-state index is -0.499. The lowest BCUT2D eigenvalue weighted by Crippen LogP contribution is -2.56. The van der Waals surface area contributed by atoms with E-state index in [0.717, 1.165) is 32.2 Å². The first-order chi connectivity index (χ1) is 8.19. The molecule has 0 aromatic carbocycles. The lowest BCUT2D eigenvalue weighted by molar-refractivity contribution is -0.125. The van der Waals surface area contributed by atoms with Gasteiger partial charge in [0.1, 0.15) is 5.54 Å². The van der Waals surface area contributed by atoms with E-state index in [1.807, 2.05) is 17.8 Å². The monoisotopic (exact) mass is 236 g/mol. The standard InChI is InChI=1S/C12H20N4O/c1-14-12(11(13)17)5-2-3-10(12)4-7-16-8-6-15-9-16/h6,8-10,14H,2-5,7H2,1H3,(H2,13,17). The summed E-state index contributed by atoms with van der Waals surface area (Å²) in [5, 5.41) is 3.16. The normalized spacial score (nSPS) is 28.4. The second kappa shape index (κ2) is 4.87. The Hall–Kier alpha value is -1.36. The maximum absolute atomic E-state index is 11.7. The highest BCUT2D eigenvalue weighted by Crippen LogP contribution is 2.37. The highest BCUT2D eigenvalue weighted by Gasteiger charge is 2.45. The van der Waals surface area contributed by atoms with Crippen LogP contribution < -0.4 is 11.1 Å². The molecule has 17 heavy (non-hydrogen) atoms. The predicted octanol–water partition coefficient (Wildman–Crippen LogP) is 0.517. The minimum absolute atomic E-state index is 0.215. The fourth-order valence-corrected chi connectivity index (χ4v) is 2.97. The van der Waals surface area contributed by atoms with Gasteiger partial charge in [0.25, 0.3) is 0 Å². The van der Waals surface area contributed by atoms with Crippen LogP contribution in [-0.2, 0) is 11.3 Å². The molecule has 1 aliphatic rings. The number of imidazole rings is 1. The van der Waals surface area contributed by atoms with Gasteiger partial charge < -0.3 is 15.6 Å². The molecule has 3 N–H and O–H groups in total. The third-order valence-corrected chi connectivity index (χ3v) is 4.00. The van der Waals surface area contributed by atoms with Crippen LogP contribution in [0.3, 0.4) is 0 Å². The molecule has 5 heteroatoms. The Kier molecular flexibility index (Phi) is 3.47. The Balaban J connectivity index is 2.01. The first kappa shape index (κ1) is 12.1. The van der Waals surface area contributed by atoms with Crippen LogP contribution in [0.15, 0.2) is 18.7 Å². The third-order valence-electron chi connectivity index (χ3n) is 4.00. The van der Waals surface area contributed by atoms with Crippen molar-refractivity contribution in [2.24, 2.45) is 11.7 Å². The molecule has 1 heterocycles. The van der Waals surface area contributed by atoms with Crippen molar-refractivity contribution in [2.75, 3.05) is 7.05 Å². The van der Waals surface area contributed by atoms with E-state index >= 15 is 0 Å². The number of nitrogens with zero attached hydrogens (tertiary/aromatic N) is 2. The summed E-state index contributed by atoms with van der Waals surface area (Å²) in [4.78, 5) is 15.7. The summed E-state index contributed by atoms with van der Waals surface area (Å²) in [5.74, 6) is 0.112. The van der Waals surface area contributed by atoms with Crippen molar-refractivity contribution >= 4 is 5.91 Å². The fourth-order valence-electron chi connectivity index (χ4n) is 2.97. The van der Waals surface area contributed by atoms with Crippen molar-refractivity contribution in [1.82, 2.24) is 14.9 Å². The number of rotatable bonds is 5. The molecule has 94 valence electrons. The Labute approximate surface area is 101 Å². The van der Waals surface area contributed by atoms with E-state index in [-0.39, 0.29) is 5.91 Å². The van der Waals surface area contributed by atoms with E-state index in [2.05, 4.69) is 10.3 Å². The molecule has 2 atom stereocenters. The van der Waals surface area contributed by atoms with Crippen LogP contribution in [0.1, 0.15) is 25.7 Å². The highest BCUT2D eigenvalue weighted by molar-refractivity contribution is 5.85. The van der Waals surface area contributed by atoms with Crippen LogP contribution in [0.25, 0.3) is 0 Å². The van der Waals surface area contributed by atoms with Gasteiger partial charge in [-0.1, -0.05) is 6.42 Å². The number of primary amides is 1. The van der Waals surface area contributed by atoms with Crippen LogP contribution in [0.4, 0.5) is 0 Å². The summed E-state index contributed by atoms with van der Waals surface area (Å²) < 4.78 is 2.04.